The van der Waals surface area contributed by atoms with Gasteiger partial charge in [-0.05, 0) is 6.42 Å². The van der Waals surface area contributed by atoms with E-state index in [9.17, 15) is 14.4 Å². The van der Waals surface area contributed by atoms with E-state index in [2.05, 4.69) is 5.32 Å². The van der Waals surface area contributed by atoms with Crippen molar-refractivity contribution in [3.63, 3.8) is 0 Å². The summed E-state index contributed by atoms with van der Waals surface area (Å²) >= 11 is 0. The first-order chi connectivity index (χ1) is 8.61. The highest BCUT2D eigenvalue weighted by atomic mass is 16.5. The number of carbonyl (C=O) groups is 3. The Bertz CT molecular complexity index is 334. The monoisotopic (exact) mass is 258 g/mol. The number of morpholine rings is 1. The lowest BCUT2D eigenvalue weighted by Crippen LogP contribution is -2.59. The summed E-state index contributed by atoms with van der Waals surface area (Å²) in [7, 11) is 0. The molecule has 0 saturated carbocycles. The Hall–Kier alpha value is -1.67. The predicted octanol–water partition coefficient (Wildman–Crippen LogP) is -2.27. The predicted molar refractivity (Wildman–Crippen MR) is 62.0 cm³/mol. The van der Waals surface area contributed by atoms with E-state index in [1.165, 1.54) is 4.90 Å². The molecule has 1 aliphatic heterocycles. The second-order valence-corrected chi connectivity index (χ2v) is 3.85. The van der Waals surface area contributed by atoms with Gasteiger partial charge in [-0.3, -0.25) is 19.8 Å². The van der Waals surface area contributed by atoms with E-state index in [1.807, 2.05) is 6.92 Å². The summed E-state index contributed by atoms with van der Waals surface area (Å²) < 4.78 is 5.16. The van der Waals surface area contributed by atoms with Crippen molar-refractivity contribution in [3.8, 4) is 0 Å². The van der Waals surface area contributed by atoms with Crippen LogP contribution < -0.4 is 16.6 Å². The van der Waals surface area contributed by atoms with E-state index in [1.54, 1.807) is 5.43 Å². The molecule has 0 radical (unpaired) electrons. The molecule has 1 aliphatic rings. The second kappa shape index (κ2) is 6.92. The highest BCUT2D eigenvalue weighted by molar-refractivity contribution is 6.35. The fourth-order valence-corrected chi connectivity index (χ4v) is 1.62. The lowest BCUT2D eigenvalue weighted by molar-refractivity contribution is -0.155. The van der Waals surface area contributed by atoms with E-state index in [4.69, 9.17) is 10.6 Å². The van der Waals surface area contributed by atoms with Crippen LogP contribution in [0.25, 0.3) is 0 Å². The highest BCUT2D eigenvalue weighted by Gasteiger charge is 2.35. The third-order valence-corrected chi connectivity index (χ3v) is 2.57. The summed E-state index contributed by atoms with van der Waals surface area (Å²) in [5, 5.41) is 2.67. The van der Waals surface area contributed by atoms with Crippen molar-refractivity contribution in [2.75, 3.05) is 26.3 Å². The molecule has 0 aromatic carbocycles. The third-order valence-electron chi connectivity index (χ3n) is 2.57. The average Bonchev–Trinajstić information content (AvgIpc) is 2.43. The number of rotatable bonds is 3. The molecule has 8 nitrogen and oxygen atoms in total. The van der Waals surface area contributed by atoms with Crippen LogP contribution >= 0.6 is 0 Å². The van der Waals surface area contributed by atoms with Crippen molar-refractivity contribution in [1.29, 1.82) is 0 Å². The molecule has 1 heterocycles. The van der Waals surface area contributed by atoms with E-state index in [-0.39, 0.29) is 19.1 Å². The fraction of sp³-hybridized carbons (Fsp3) is 0.700. The summed E-state index contributed by atoms with van der Waals surface area (Å²) in [5.74, 6) is 2.82. The molecule has 1 rings (SSSR count). The molecule has 4 N–H and O–H groups in total. The summed E-state index contributed by atoms with van der Waals surface area (Å²) in [6, 6.07) is -0.782. The average molecular weight is 258 g/mol. The van der Waals surface area contributed by atoms with Crippen molar-refractivity contribution in [2.24, 2.45) is 5.84 Å². The second-order valence-electron chi connectivity index (χ2n) is 3.85. The Kier molecular flexibility index (Phi) is 5.53. The van der Waals surface area contributed by atoms with Crippen LogP contribution in [-0.4, -0.2) is 55.0 Å². The Morgan fingerprint density at radius 1 is 1.44 bits per heavy atom. The van der Waals surface area contributed by atoms with Crippen molar-refractivity contribution in [3.05, 3.63) is 0 Å². The summed E-state index contributed by atoms with van der Waals surface area (Å²) in [4.78, 5) is 35.9. The lowest BCUT2D eigenvalue weighted by atomic mass is 10.2. The topological polar surface area (TPSA) is 114 Å². The van der Waals surface area contributed by atoms with Gasteiger partial charge in [0.2, 0.25) is 5.91 Å². The van der Waals surface area contributed by atoms with Crippen LogP contribution in [0, 0.1) is 0 Å². The number of hydrogen-bond acceptors (Lipinski definition) is 5. The van der Waals surface area contributed by atoms with Gasteiger partial charge >= 0.3 is 11.8 Å². The van der Waals surface area contributed by atoms with Crippen LogP contribution in [0.15, 0.2) is 0 Å². The van der Waals surface area contributed by atoms with Crippen molar-refractivity contribution in [1.82, 2.24) is 15.6 Å². The van der Waals surface area contributed by atoms with Crippen LogP contribution in [-0.2, 0) is 19.1 Å². The molecule has 0 aromatic rings. The molecular weight excluding hydrogens is 240 g/mol. The van der Waals surface area contributed by atoms with Crippen LogP contribution in [0.1, 0.15) is 13.3 Å². The zero-order valence-corrected chi connectivity index (χ0v) is 10.3. The van der Waals surface area contributed by atoms with Gasteiger partial charge in [-0.15, -0.1) is 0 Å². The molecular formula is C10H18N4O4. The molecule has 0 aliphatic carbocycles. The van der Waals surface area contributed by atoms with Gasteiger partial charge in [-0.25, -0.2) is 5.84 Å². The first-order valence-corrected chi connectivity index (χ1v) is 5.78. The van der Waals surface area contributed by atoms with Gasteiger partial charge in [-0.2, -0.15) is 0 Å². The van der Waals surface area contributed by atoms with Gasteiger partial charge in [0, 0.05) is 13.1 Å². The summed E-state index contributed by atoms with van der Waals surface area (Å²) in [6.07, 6.45) is 0.788. The molecule has 0 aromatic heterocycles. The number of nitrogens with zero attached hydrogens (tertiary/aromatic N) is 1. The molecule has 18 heavy (non-hydrogen) atoms. The van der Waals surface area contributed by atoms with Gasteiger partial charge in [0.15, 0.2) is 0 Å². The van der Waals surface area contributed by atoms with Gasteiger partial charge < -0.3 is 15.0 Å². The Balaban J connectivity index is 2.70. The largest absolute Gasteiger partial charge is 0.377 e. The number of amides is 3. The minimum atomic E-state index is -0.940. The molecule has 1 saturated heterocycles. The van der Waals surface area contributed by atoms with E-state index >= 15 is 0 Å². The molecule has 1 atom stereocenters. The van der Waals surface area contributed by atoms with Crippen molar-refractivity contribution >= 4 is 17.7 Å². The Morgan fingerprint density at radius 2 is 2.17 bits per heavy atom. The normalized spacial score (nSPS) is 19.2. The Labute approximate surface area is 105 Å². The van der Waals surface area contributed by atoms with Gasteiger partial charge in [-0.1, -0.05) is 6.92 Å². The number of hydrazine groups is 1. The van der Waals surface area contributed by atoms with Crippen LogP contribution in [0.2, 0.25) is 0 Å². The maximum absolute atomic E-state index is 11.8. The molecule has 3 amide bonds. The van der Waals surface area contributed by atoms with Gasteiger partial charge in [0.25, 0.3) is 0 Å². The fourth-order valence-electron chi connectivity index (χ4n) is 1.62. The molecule has 102 valence electrons. The van der Waals surface area contributed by atoms with Crippen LogP contribution in [0.3, 0.4) is 0 Å². The number of nitrogens with one attached hydrogen (secondary N) is 2. The van der Waals surface area contributed by atoms with E-state index in [0.29, 0.717) is 13.2 Å². The van der Waals surface area contributed by atoms with Crippen molar-refractivity contribution in [2.45, 2.75) is 19.4 Å². The number of ether oxygens (including phenoxy) is 1. The van der Waals surface area contributed by atoms with Crippen LogP contribution in [0.4, 0.5) is 0 Å². The summed E-state index contributed by atoms with van der Waals surface area (Å²) in [6.45, 7) is 3.00. The number of hydrogen-bond donors (Lipinski definition) is 3. The zero-order valence-electron chi connectivity index (χ0n) is 10.3. The maximum Gasteiger partial charge on any atom is 0.323 e. The van der Waals surface area contributed by atoms with Gasteiger partial charge in [0.1, 0.15) is 6.04 Å². The smallest absolute Gasteiger partial charge is 0.323 e. The van der Waals surface area contributed by atoms with E-state index < -0.39 is 17.9 Å². The SMILES string of the molecule is CCCNC(=O)C1COCCN1C(=O)C(=O)NN. The molecule has 1 fully saturated rings. The van der Waals surface area contributed by atoms with Crippen LogP contribution in [0.5, 0.6) is 0 Å². The minimum Gasteiger partial charge on any atom is -0.377 e. The third kappa shape index (κ3) is 3.41. The summed E-state index contributed by atoms with van der Waals surface area (Å²) in [5.41, 5.74) is 1.76. The molecule has 1 unspecified atom stereocenters. The van der Waals surface area contributed by atoms with E-state index in [0.717, 1.165) is 6.42 Å². The Morgan fingerprint density at radius 3 is 2.78 bits per heavy atom. The highest BCUT2D eigenvalue weighted by Crippen LogP contribution is 2.07. The zero-order chi connectivity index (χ0) is 13.5. The quantitative estimate of drug-likeness (QED) is 0.229. The van der Waals surface area contributed by atoms with Gasteiger partial charge in [0.05, 0.1) is 13.2 Å². The first-order valence-electron chi connectivity index (χ1n) is 5.78. The maximum atomic E-state index is 11.8. The molecule has 0 bridgehead atoms. The minimum absolute atomic E-state index is 0.0825. The first kappa shape index (κ1) is 14.4. The number of carbonyl (C=O) groups excluding carboxylic acids is 3. The standard InChI is InChI=1S/C10H18N4O4/c1-2-3-12-8(15)7-6-18-5-4-14(7)10(17)9(16)13-11/h7H,2-6,11H2,1H3,(H,12,15)(H,13,16). The number of nitrogens with two attached hydrogens (primary N) is 1. The lowest BCUT2D eigenvalue weighted by Gasteiger charge is -2.33. The molecule has 0 spiro atoms. The molecule has 8 heteroatoms. The van der Waals surface area contributed by atoms with Crippen molar-refractivity contribution < 1.29 is 19.1 Å².